The van der Waals surface area contributed by atoms with Gasteiger partial charge in [-0.15, -0.1) is 0 Å². The first kappa shape index (κ1) is 33.0. The maximum atomic E-state index is 6.72. The molecule has 58 heavy (non-hydrogen) atoms. The van der Waals surface area contributed by atoms with Crippen LogP contribution in [0.3, 0.4) is 0 Å². The lowest BCUT2D eigenvalue weighted by atomic mass is 9.66. The van der Waals surface area contributed by atoms with Gasteiger partial charge >= 0.3 is 0 Å². The highest BCUT2D eigenvalue weighted by Crippen LogP contribution is 2.63. The topological polar surface area (TPSA) is 12.5 Å². The maximum Gasteiger partial charge on any atom is 0.132 e. The zero-order valence-corrected chi connectivity index (χ0v) is 32.4. The van der Waals surface area contributed by atoms with Crippen molar-refractivity contribution >= 4 is 27.8 Å². The van der Waals surface area contributed by atoms with Crippen molar-refractivity contribution in [1.29, 1.82) is 0 Å². The van der Waals surface area contributed by atoms with Gasteiger partial charge in [0.25, 0.3) is 0 Å². The van der Waals surface area contributed by atoms with Gasteiger partial charge in [-0.3, -0.25) is 0 Å². The Morgan fingerprint density at radius 3 is 1.59 bits per heavy atom. The number of anilines is 3. The summed E-state index contributed by atoms with van der Waals surface area (Å²) in [6.45, 7) is 4.70. The van der Waals surface area contributed by atoms with Crippen LogP contribution >= 0.6 is 0 Å². The molecular formula is C56H39NO. The summed E-state index contributed by atoms with van der Waals surface area (Å²) in [5.74, 6) is 1.79. The van der Waals surface area contributed by atoms with E-state index in [1.54, 1.807) is 0 Å². The minimum atomic E-state index is -0.597. The van der Waals surface area contributed by atoms with E-state index in [4.69, 9.17) is 4.74 Å². The summed E-state index contributed by atoms with van der Waals surface area (Å²) in [4.78, 5) is 2.45. The maximum absolute atomic E-state index is 6.72. The first-order valence-corrected chi connectivity index (χ1v) is 20.3. The van der Waals surface area contributed by atoms with Crippen molar-refractivity contribution in [1.82, 2.24) is 0 Å². The Morgan fingerprint density at radius 1 is 0.345 bits per heavy atom. The summed E-state index contributed by atoms with van der Waals surface area (Å²) in [7, 11) is 0. The lowest BCUT2D eigenvalue weighted by Gasteiger charge is -2.39. The lowest BCUT2D eigenvalue weighted by molar-refractivity contribution is 0.436. The predicted octanol–water partition coefficient (Wildman–Crippen LogP) is 14.8. The largest absolute Gasteiger partial charge is 0.457 e. The van der Waals surface area contributed by atoms with Gasteiger partial charge in [-0.25, -0.2) is 0 Å². The molecular weight excluding hydrogens is 703 g/mol. The Morgan fingerprint density at radius 2 is 0.845 bits per heavy atom. The second-order valence-electron chi connectivity index (χ2n) is 16.5. The lowest BCUT2D eigenvalue weighted by Crippen LogP contribution is -2.32. The van der Waals surface area contributed by atoms with E-state index in [-0.39, 0.29) is 5.41 Å². The van der Waals surface area contributed by atoms with Crippen LogP contribution in [0.2, 0.25) is 0 Å². The van der Waals surface area contributed by atoms with Crippen molar-refractivity contribution < 1.29 is 4.74 Å². The standard InChI is InChI=1S/C56H39NO/c1-55(2)47-19-9-8-18-43(47)46-34-41(29-31-48(46)55)57(40-26-24-37(25-27-40)36-14-4-3-5-15-36)42-28-30-44-45-32-38-16-6-7-17-39(38)33-51(45)56(52(44)35-42)49-20-10-12-22-53(49)58-54-23-13-11-21-50(54)56/h3-35H,1-2H3. The molecule has 3 aliphatic rings. The van der Waals surface area contributed by atoms with Crippen molar-refractivity contribution in [2.24, 2.45) is 0 Å². The molecule has 0 aromatic heterocycles. The quantitative estimate of drug-likeness (QED) is 0.178. The van der Waals surface area contributed by atoms with Crippen LogP contribution < -0.4 is 9.64 Å². The molecule has 0 atom stereocenters. The first-order chi connectivity index (χ1) is 28.5. The smallest absolute Gasteiger partial charge is 0.132 e. The first-order valence-electron chi connectivity index (χ1n) is 20.3. The van der Waals surface area contributed by atoms with E-state index < -0.39 is 5.41 Å². The number of ether oxygens (including phenoxy) is 1. The molecule has 0 bridgehead atoms. The fourth-order valence-corrected chi connectivity index (χ4v) is 10.4. The highest BCUT2D eigenvalue weighted by atomic mass is 16.5. The number of fused-ring (bicyclic) bond motifs is 13. The Labute approximate surface area is 339 Å². The van der Waals surface area contributed by atoms with Crippen molar-refractivity contribution in [2.75, 3.05) is 4.90 Å². The van der Waals surface area contributed by atoms with Crippen LogP contribution in [0.4, 0.5) is 17.1 Å². The third-order valence-electron chi connectivity index (χ3n) is 13.1. The molecule has 2 nitrogen and oxygen atoms in total. The van der Waals surface area contributed by atoms with Gasteiger partial charge in [0.2, 0.25) is 0 Å². The van der Waals surface area contributed by atoms with Gasteiger partial charge in [0.05, 0.1) is 5.41 Å². The molecule has 0 saturated heterocycles. The van der Waals surface area contributed by atoms with Crippen molar-refractivity contribution in [3.63, 3.8) is 0 Å². The number of hydrogen-bond acceptors (Lipinski definition) is 2. The van der Waals surface area contributed by atoms with Crippen LogP contribution in [0, 0.1) is 0 Å². The molecule has 1 aliphatic heterocycles. The zero-order chi connectivity index (χ0) is 38.6. The van der Waals surface area contributed by atoms with E-state index >= 15 is 0 Å². The van der Waals surface area contributed by atoms with Crippen LogP contribution in [-0.2, 0) is 10.8 Å². The molecule has 9 aromatic carbocycles. The molecule has 274 valence electrons. The molecule has 9 aromatic rings. The molecule has 0 amide bonds. The molecule has 0 saturated carbocycles. The van der Waals surface area contributed by atoms with Crippen LogP contribution in [-0.4, -0.2) is 0 Å². The fraction of sp³-hybridized carbons (Fsp3) is 0.0714. The van der Waals surface area contributed by atoms with Gasteiger partial charge in [0.15, 0.2) is 0 Å². The average molecular weight is 742 g/mol. The highest BCUT2D eigenvalue weighted by Gasteiger charge is 2.51. The molecule has 0 unspecified atom stereocenters. The van der Waals surface area contributed by atoms with Gasteiger partial charge in [-0.05, 0) is 127 Å². The van der Waals surface area contributed by atoms with Crippen LogP contribution in [0.5, 0.6) is 11.5 Å². The van der Waals surface area contributed by atoms with E-state index in [0.29, 0.717) is 0 Å². The average Bonchev–Trinajstić information content (AvgIpc) is 3.67. The molecule has 1 heterocycles. The summed E-state index contributed by atoms with van der Waals surface area (Å²) in [6.07, 6.45) is 0. The fourth-order valence-electron chi connectivity index (χ4n) is 10.4. The van der Waals surface area contributed by atoms with Crippen molar-refractivity contribution in [3.05, 3.63) is 234 Å². The zero-order valence-electron chi connectivity index (χ0n) is 32.4. The Hall–Kier alpha value is -7.16. The second kappa shape index (κ2) is 12.2. The molecule has 0 fully saturated rings. The van der Waals surface area contributed by atoms with Gasteiger partial charge in [-0.2, -0.15) is 0 Å². The Kier molecular flexibility index (Phi) is 6.93. The number of para-hydroxylation sites is 2. The second-order valence-corrected chi connectivity index (χ2v) is 16.5. The molecule has 0 N–H and O–H groups in total. The van der Waals surface area contributed by atoms with Gasteiger partial charge in [-0.1, -0.05) is 153 Å². The van der Waals surface area contributed by atoms with Crippen LogP contribution in [0.1, 0.15) is 47.2 Å². The summed E-state index contributed by atoms with van der Waals surface area (Å²) in [6, 6.07) is 73.7. The molecule has 0 radical (unpaired) electrons. The SMILES string of the molecule is CC1(C)c2ccccc2-c2cc(N(c3ccc(-c4ccccc4)cc3)c3ccc4c(c3)C3(c5ccccc5Oc5ccccc53)c3cc5ccccc5cc3-4)ccc21. The number of hydrogen-bond donors (Lipinski definition) is 0. The number of rotatable bonds is 4. The van der Waals surface area contributed by atoms with E-state index in [0.717, 1.165) is 39.7 Å². The van der Waals surface area contributed by atoms with E-state index in [9.17, 15) is 0 Å². The van der Waals surface area contributed by atoms with E-state index in [1.165, 1.54) is 66.4 Å². The van der Waals surface area contributed by atoms with Gasteiger partial charge < -0.3 is 9.64 Å². The third-order valence-corrected chi connectivity index (χ3v) is 13.1. The number of benzene rings is 9. The van der Waals surface area contributed by atoms with Crippen LogP contribution in [0.25, 0.3) is 44.2 Å². The monoisotopic (exact) mass is 741 g/mol. The van der Waals surface area contributed by atoms with Gasteiger partial charge in [0.1, 0.15) is 11.5 Å². The van der Waals surface area contributed by atoms with E-state index in [2.05, 4.69) is 219 Å². The number of nitrogens with zero attached hydrogens (tertiary/aromatic N) is 1. The Bertz CT molecular complexity index is 3080. The van der Waals surface area contributed by atoms with Crippen molar-refractivity contribution in [2.45, 2.75) is 24.7 Å². The molecule has 2 aliphatic carbocycles. The third kappa shape index (κ3) is 4.54. The highest BCUT2D eigenvalue weighted by molar-refractivity contribution is 5.98. The van der Waals surface area contributed by atoms with Crippen LogP contribution in [0.15, 0.2) is 200 Å². The van der Waals surface area contributed by atoms with E-state index in [1.807, 2.05) is 0 Å². The molecule has 12 rings (SSSR count). The van der Waals surface area contributed by atoms with Crippen molar-refractivity contribution in [3.8, 4) is 44.9 Å². The molecule has 1 spiro atoms. The molecule has 2 heteroatoms. The minimum absolute atomic E-state index is 0.0777. The normalized spacial score (nSPS) is 14.4. The predicted molar refractivity (Wildman–Crippen MR) is 239 cm³/mol. The summed E-state index contributed by atoms with van der Waals surface area (Å²) >= 11 is 0. The minimum Gasteiger partial charge on any atom is -0.457 e. The Balaban J connectivity index is 1.13. The van der Waals surface area contributed by atoms with Gasteiger partial charge in [0, 0.05) is 33.6 Å². The summed E-state index contributed by atoms with van der Waals surface area (Å²) in [5.41, 5.74) is 17.8. The summed E-state index contributed by atoms with van der Waals surface area (Å²) in [5, 5.41) is 2.47. The summed E-state index contributed by atoms with van der Waals surface area (Å²) < 4.78 is 6.72.